The van der Waals surface area contributed by atoms with Gasteiger partial charge in [0.25, 0.3) is 0 Å². The van der Waals surface area contributed by atoms with Gasteiger partial charge in [0.1, 0.15) is 0 Å². The fraction of sp³-hybridized carbons (Fsp3) is 0.667. The van der Waals surface area contributed by atoms with Gasteiger partial charge in [-0.2, -0.15) is 0 Å². The van der Waals surface area contributed by atoms with Crippen LogP contribution in [0.1, 0.15) is 19.3 Å². The highest BCUT2D eigenvalue weighted by Crippen LogP contribution is 2.20. The first-order valence-corrected chi connectivity index (χ1v) is 8.81. The van der Waals surface area contributed by atoms with Gasteiger partial charge in [-0.25, -0.2) is 0 Å². The van der Waals surface area contributed by atoms with Crippen molar-refractivity contribution in [2.24, 2.45) is 0 Å². The Labute approximate surface area is 147 Å². The zero-order valence-electron chi connectivity index (χ0n) is 14.4. The van der Waals surface area contributed by atoms with Crippen LogP contribution >= 0.6 is 0 Å². The number of benzene rings is 1. The van der Waals surface area contributed by atoms with E-state index in [0.717, 1.165) is 18.8 Å². The molecule has 0 amide bonds. The predicted molar refractivity (Wildman–Crippen MR) is 94.1 cm³/mol. The molecule has 2 heterocycles. The Morgan fingerprint density at radius 2 is 1.61 bits per heavy atom. The van der Waals surface area contributed by atoms with Gasteiger partial charge < -0.3 is 32.4 Å². The van der Waals surface area contributed by atoms with E-state index < -0.39 is 0 Å². The van der Waals surface area contributed by atoms with Crippen LogP contribution < -0.4 is 23.0 Å². The van der Waals surface area contributed by atoms with Gasteiger partial charge >= 0.3 is 0 Å². The molecule has 2 fully saturated rings. The zero-order chi connectivity index (χ0) is 15.4. The lowest BCUT2D eigenvalue weighted by Gasteiger charge is -2.43. The molecule has 23 heavy (non-hydrogen) atoms. The standard InChI is InChI=1S/C18H31N4.ClH/c1-22(14-4-11-20-9-2-3-10-20)15-12-21(13-16-22)18-7-5-17(19)6-8-18;/h5-8H,2-4,9-16,19H2,1H3;1H/q+1;/p-1. The number of hydrogen-bond acceptors (Lipinski definition) is 3. The SMILES string of the molecule is C[N+]1(CCCN2CCCC2)CCN(c2ccc(N)cc2)CC1.[Cl-]. The van der Waals surface area contributed by atoms with Crippen LogP contribution in [0, 0.1) is 0 Å². The Bertz CT molecular complexity index is 462. The molecule has 1 aromatic rings. The smallest absolute Gasteiger partial charge is 0.0963 e. The lowest BCUT2D eigenvalue weighted by atomic mass is 10.2. The van der Waals surface area contributed by atoms with Gasteiger partial charge in [0.15, 0.2) is 0 Å². The fourth-order valence-corrected chi connectivity index (χ4v) is 3.80. The van der Waals surface area contributed by atoms with E-state index in [9.17, 15) is 0 Å². The van der Waals surface area contributed by atoms with Crippen molar-refractivity contribution in [1.29, 1.82) is 0 Å². The molecule has 0 unspecified atom stereocenters. The van der Waals surface area contributed by atoms with Crippen LogP contribution in [0.25, 0.3) is 0 Å². The van der Waals surface area contributed by atoms with Crippen molar-refractivity contribution >= 4 is 11.4 Å². The van der Waals surface area contributed by atoms with Crippen molar-refractivity contribution in [3.05, 3.63) is 24.3 Å². The highest BCUT2D eigenvalue weighted by Gasteiger charge is 2.28. The Morgan fingerprint density at radius 3 is 2.22 bits per heavy atom. The van der Waals surface area contributed by atoms with Gasteiger partial charge in [-0.05, 0) is 50.2 Å². The number of anilines is 2. The average molecular weight is 339 g/mol. The molecule has 2 saturated heterocycles. The van der Waals surface area contributed by atoms with E-state index in [-0.39, 0.29) is 12.4 Å². The van der Waals surface area contributed by atoms with Crippen molar-refractivity contribution in [3.8, 4) is 0 Å². The van der Waals surface area contributed by atoms with Crippen molar-refractivity contribution in [1.82, 2.24) is 4.90 Å². The summed E-state index contributed by atoms with van der Waals surface area (Å²) >= 11 is 0. The molecule has 3 rings (SSSR count). The van der Waals surface area contributed by atoms with Crippen LogP contribution in [0.4, 0.5) is 11.4 Å². The van der Waals surface area contributed by atoms with Gasteiger partial charge in [0.05, 0.1) is 39.8 Å². The molecule has 2 N–H and O–H groups in total. The highest BCUT2D eigenvalue weighted by molar-refractivity contribution is 5.53. The Hall–Kier alpha value is -0.970. The van der Waals surface area contributed by atoms with Gasteiger partial charge in [0.2, 0.25) is 0 Å². The van der Waals surface area contributed by atoms with E-state index in [0.29, 0.717) is 0 Å². The number of nitrogen functional groups attached to an aromatic ring is 1. The summed E-state index contributed by atoms with van der Waals surface area (Å²) in [4.78, 5) is 5.14. The first-order valence-electron chi connectivity index (χ1n) is 8.81. The lowest BCUT2D eigenvalue weighted by molar-refractivity contribution is -0.910. The molecular formula is C18H31ClN4. The van der Waals surface area contributed by atoms with E-state index >= 15 is 0 Å². The minimum absolute atomic E-state index is 0. The predicted octanol–water partition coefficient (Wildman–Crippen LogP) is -0.975. The molecule has 0 saturated carbocycles. The second kappa shape index (κ2) is 8.22. The van der Waals surface area contributed by atoms with Crippen molar-refractivity contribution < 1.29 is 16.9 Å². The third-order valence-corrected chi connectivity index (χ3v) is 5.45. The summed E-state index contributed by atoms with van der Waals surface area (Å²) in [6.45, 7) is 10.1. The van der Waals surface area contributed by atoms with E-state index in [1.807, 2.05) is 12.1 Å². The Balaban J connectivity index is 0.00000192. The summed E-state index contributed by atoms with van der Waals surface area (Å²) in [5, 5.41) is 0. The van der Waals surface area contributed by atoms with Crippen LogP contribution in [0.2, 0.25) is 0 Å². The summed E-state index contributed by atoms with van der Waals surface area (Å²) in [5.74, 6) is 0. The van der Waals surface area contributed by atoms with E-state index in [1.54, 1.807) is 0 Å². The second-order valence-electron chi connectivity index (χ2n) is 7.27. The summed E-state index contributed by atoms with van der Waals surface area (Å²) in [5.41, 5.74) is 7.95. The third kappa shape index (κ3) is 5.00. The maximum atomic E-state index is 5.78. The number of likely N-dealkylation sites (tertiary alicyclic amines) is 1. The molecule has 0 spiro atoms. The summed E-state index contributed by atoms with van der Waals surface area (Å²) < 4.78 is 1.24. The molecule has 130 valence electrons. The lowest BCUT2D eigenvalue weighted by Crippen LogP contribution is -3.00. The third-order valence-electron chi connectivity index (χ3n) is 5.45. The van der Waals surface area contributed by atoms with Crippen LogP contribution in [-0.2, 0) is 0 Å². The summed E-state index contributed by atoms with van der Waals surface area (Å²) in [7, 11) is 2.43. The number of piperazine rings is 1. The van der Waals surface area contributed by atoms with Crippen LogP contribution in [0.3, 0.4) is 0 Å². The molecule has 4 nitrogen and oxygen atoms in total. The number of nitrogens with zero attached hydrogens (tertiary/aromatic N) is 3. The molecule has 2 aliphatic heterocycles. The number of quaternary nitrogens is 1. The van der Waals surface area contributed by atoms with Crippen LogP contribution in [-0.4, -0.2) is 68.8 Å². The molecule has 1 aromatic carbocycles. The first-order chi connectivity index (χ1) is 10.6. The van der Waals surface area contributed by atoms with Crippen LogP contribution in [0.5, 0.6) is 0 Å². The van der Waals surface area contributed by atoms with E-state index in [4.69, 9.17) is 5.73 Å². The maximum absolute atomic E-state index is 5.78. The normalized spacial score (nSPS) is 21.2. The van der Waals surface area contributed by atoms with Gasteiger partial charge in [-0.15, -0.1) is 0 Å². The van der Waals surface area contributed by atoms with Crippen molar-refractivity contribution in [2.75, 3.05) is 70.0 Å². The Kier molecular flexibility index (Phi) is 6.57. The van der Waals surface area contributed by atoms with Gasteiger partial charge in [-0.3, -0.25) is 0 Å². The minimum atomic E-state index is 0. The summed E-state index contributed by atoms with van der Waals surface area (Å²) in [6, 6.07) is 8.32. The first kappa shape index (κ1) is 18.4. The maximum Gasteiger partial charge on any atom is 0.0963 e. The van der Waals surface area contributed by atoms with Gasteiger partial charge in [-0.1, -0.05) is 0 Å². The number of nitrogens with two attached hydrogens (primary N) is 1. The number of likely N-dealkylation sites (N-methyl/N-ethyl adjacent to an activating group) is 1. The number of hydrogen-bond donors (Lipinski definition) is 1. The number of halogens is 1. The average Bonchev–Trinajstić information content (AvgIpc) is 3.02. The quantitative estimate of drug-likeness (QED) is 0.553. The zero-order valence-corrected chi connectivity index (χ0v) is 15.1. The Morgan fingerprint density at radius 1 is 1.00 bits per heavy atom. The van der Waals surface area contributed by atoms with Gasteiger partial charge in [0, 0.05) is 24.3 Å². The molecule has 0 atom stereocenters. The molecule has 0 radical (unpaired) electrons. The monoisotopic (exact) mass is 338 g/mol. The van der Waals surface area contributed by atoms with E-state index in [2.05, 4.69) is 29.0 Å². The highest BCUT2D eigenvalue weighted by atomic mass is 35.5. The molecular weight excluding hydrogens is 308 g/mol. The van der Waals surface area contributed by atoms with E-state index in [1.165, 1.54) is 68.7 Å². The largest absolute Gasteiger partial charge is 1.00 e. The minimum Gasteiger partial charge on any atom is -1.00 e. The summed E-state index contributed by atoms with van der Waals surface area (Å²) in [6.07, 6.45) is 4.16. The molecule has 0 aromatic heterocycles. The topological polar surface area (TPSA) is 32.5 Å². The van der Waals surface area contributed by atoms with Crippen molar-refractivity contribution in [3.63, 3.8) is 0 Å². The van der Waals surface area contributed by atoms with Crippen molar-refractivity contribution in [2.45, 2.75) is 19.3 Å². The fourth-order valence-electron chi connectivity index (χ4n) is 3.80. The molecule has 0 aliphatic carbocycles. The van der Waals surface area contributed by atoms with Crippen LogP contribution in [0.15, 0.2) is 24.3 Å². The number of rotatable bonds is 5. The molecule has 2 aliphatic rings. The molecule has 5 heteroatoms. The molecule has 0 bridgehead atoms. The second-order valence-corrected chi connectivity index (χ2v) is 7.27.